The van der Waals surface area contributed by atoms with Gasteiger partial charge in [-0.2, -0.15) is 0 Å². The maximum absolute atomic E-state index is 12.5. The van der Waals surface area contributed by atoms with Gasteiger partial charge in [0.25, 0.3) is 5.91 Å². The van der Waals surface area contributed by atoms with Gasteiger partial charge in [-0.25, -0.2) is 0 Å². The number of rotatable bonds is 5. The van der Waals surface area contributed by atoms with Gasteiger partial charge < -0.3 is 19.6 Å². The molecule has 0 bridgehead atoms. The molecule has 2 heterocycles. The van der Waals surface area contributed by atoms with Crippen molar-refractivity contribution in [1.82, 2.24) is 4.57 Å². The molecule has 0 fully saturated rings. The largest absolute Gasteiger partial charge is 0.459 e. The minimum atomic E-state index is -0.322. The second-order valence-corrected chi connectivity index (χ2v) is 6.49. The summed E-state index contributed by atoms with van der Waals surface area (Å²) in [6.07, 6.45) is 1.45. The van der Waals surface area contributed by atoms with E-state index in [4.69, 9.17) is 4.42 Å². The first-order chi connectivity index (χ1) is 13.6. The Morgan fingerprint density at radius 2 is 1.64 bits per heavy atom. The molecular formula is C22H19N3O3. The normalized spacial score (nSPS) is 10.8. The topological polar surface area (TPSA) is 76.3 Å². The van der Waals surface area contributed by atoms with Gasteiger partial charge in [0, 0.05) is 22.6 Å². The monoisotopic (exact) mass is 373 g/mol. The number of hydrogen-bond donors (Lipinski definition) is 2. The molecule has 140 valence electrons. The third kappa shape index (κ3) is 3.66. The van der Waals surface area contributed by atoms with E-state index in [9.17, 15) is 9.59 Å². The minimum absolute atomic E-state index is 0.114. The van der Waals surface area contributed by atoms with Gasteiger partial charge in [0.15, 0.2) is 5.76 Å². The highest BCUT2D eigenvalue weighted by Crippen LogP contribution is 2.20. The van der Waals surface area contributed by atoms with Crippen LogP contribution in [-0.2, 0) is 11.3 Å². The van der Waals surface area contributed by atoms with Crippen molar-refractivity contribution in [2.75, 3.05) is 10.6 Å². The lowest BCUT2D eigenvalue weighted by molar-refractivity contribution is -0.116. The average molecular weight is 373 g/mol. The molecule has 0 spiro atoms. The summed E-state index contributed by atoms with van der Waals surface area (Å²) in [7, 11) is 0. The van der Waals surface area contributed by atoms with Gasteiger partial charge in [-0.15, -0.1) is 0 Å². The van der Waals surface area contributed by atoms with E-state index in [1.165, 1.54) is 6.26 Å². The van der Waals surface area contributed by atoms with Gasteiger partial charge in [0.1, 0.15) is 6.54 Å². The highest BCUT2D eigenvalue weighted by molar-refractivity contribution is 6.02. The van der Waals surface area contributed by atoms with Crippen molar-refractivity contribution in [1.29, 1.82) is 0 Å². The average Bonchev–Trinajstić information content (AvgIpc) is 3.32. The van der Waals surface area contributed by atoms with Crippen LogP contribution in [0.3, 0.4) is 0 Å². The van der Waals surface area contributed by atoms with E-state index in [2.05, 4.69) is 16.7 Å². The quantitative estimate of drug-likeness (QED) is 0.543. The van der Waals surface area contributed by atoms with Gasteiger partial charge in [0.05, 0.1) is 6.26 Å². The molecule has 4 rings (SSSR count). The molecule has 28 heavy (non-hydrogen) atoms. The highest BCUT2D eigenvalue weighted by atomic mass is 16.3. The molecule has 0 saturated heterocycles. The third-order valence-corrected chi connectivity index (χ3v) is 4.49. The van der Waals surface area contributed by atoms with E-state index < -0.39 is 0 Å². The van der Waals surface area contributed by atoms with Crippen LogP contribution in [0.5, 0.6) is 0 Å². The SMILES string of the molecule is Cc1cc2ccccc2n1CC(=O)Nc1ccc(NC(=O)c2ccco2)cc1. The summed E-state index contributed by atoms with van der Waals surface area (Å²) in [5.74, 6) is -0.194. The number of anilines is 2. The zero-order chi connectivity index (χ0) is 19.5. The lowest BCUT2D eigenvalue weighted by Gasteiger charge is -2.10. The maximum Gasteiger partial charge on any atom is 0.291 e. The first-order valence-corrected chi connectivity index (χ1v) is 8.90. The van der Waals surface area contributed by atoms with Gasteiger partial charge in [-0.3, -0.25) is 9.59 Å². The Labute approximate surface area is 161 Å². The fourth-order valence-electron chi connectivity index (χ4n) is 3.14. The number of para-hydroxylation sites is 1. The summed E-state index contributed by atoms with van der Waals surface area (Å²) in [5, 5.41) is 6.74. The molecule has 2 amide bonds. The van der Waals surface area contributed by atoms with Crippen LogP contribution < -0.4 is 10.6 Å². The van der Waals surface area contributed by atoms with E-state index in [1.807, 2.05) is 35.8 Å². The van der Waals surface area contributed by atoms with Crippen LogP contribution in [0.4, 0.5) is 11.4 Å². The van der Waals surface area contributed by atoms with Crippen molar-refractivity contribution >= 4 is 34.1 Å². The fraction of sp³-hybridized carbons (Fsp3) is 0.0909. The predicted octanol–water partition coefficient (Wildman–Crippen LogP) is 4.43. The lowest BCUT2D eigenvalue weighted by atomic mass is 10.2. The second kappa shape index (κ2) is 7.44. The van der Waals surface area contributed by atoms with Crippen molar-refractivity contribution in [2.45, 2.75) is 13.5 Å². The Morgan fingerprint density at radius 1 is 0.929 bits per heavy atom. The van der Waals surface area contributed by atoms with E-state index in [0.29, 0.717) is 11.4 Å². The summed E-state index contributed by atoms with van der Waals surface area (Å²) < 4.78 is 7.05. The Balaban J connectivity index is 1.40. The number of nitrogens with one attached hydrogen (secondary N) is 2. The van der Waals surface area contributed by atoms with Crippen LogP contribution in [0.15, 0.2) is 77.4 Å². The number of amides is 2. The number of benzene rings is 2. The Bertz CT molecular complexity index is 1130. The summed E-state index contributed by atoms with van der Waals surface area (Å²) in [6.45, 7) is 2.22. The molecule has 0 saturated carbocycles. The van der Waals surface area contributed by atoms with Crippen LogP contribution in [0.25, 0.3) is 10.9 Å². The first-order valence-electron chi connectivity index (χ1n) is 8.90. The number of hydrogen-bond acceptors (Lipinski definition) is 3. The third-order valence-electron chi connectivity index (χ3n) is 4.49. The summed E-state index contributed by atoms with van der Waals surface area (Å²) in [5.41, 5.74) is 3.35. The molecule has 0 radical (unpaired) electrons. The van der Waals surface area contributed by atoms with Gasteiger partial charge in [0.2, 0.25) is 5.91 Å². The van der Waals surface area contributed by atoms with Gasteiger partial charge >= 0.3 is 0 Å². The number of fused-ring (bicyclic) bond motifs is 1. The van der Waals surface area contributed by atoms with Crippen LogP contribution in [0.1, 0.15) is 16.2 Å². The zero-order valence-electron chi connectivity index (χ0n) is 15.3. The smallest absolute Gasteiger partial charge is 0.291 e. The lowest BCUT2D eigenvalue weighted by Crippen LogP contribution is -2.19. The number of carbonyl (C=O) groups is 2. The molecule has 2 aromatic heterocycles. The summed E-state index contributed by atoms with van der Waals surface area (Å²) >= 11 is 0. The number of furan rings is 1. The van der Waals surface area contributed by atoms with E-state index in [1.54, 1.807) is 36.4 Å². The zero-order valence-corrected chi connectivity index (χ0v) is 15.3. The fourth-order valence-corrected chi connectivity index (χ4v) is 3.14. The molecule has 0 aliphatic carbocycles. The van der Waals surface area contributed by atoms with Crippen LogP contribution in [0.2, 0.25) is 0 Å². The predicted molar refractivity (Wildman–Crippen MR) is 108 cm³/mol. The van der Waals surface area contributed by atoms with Crippen molar-refractivity contribution in [3.05, 3.63) is 84.4 Å². The Morgan fingerprint density at radius 3 is 2.36 bits per heavy atom. The van der Waals surface area contributed by atoms with Gasteiger partial charge in [-0.1, -0.05) is 18.2 Å². The number of aryl methyl sites for hydroxylation is 1. The van der Waals surface area contributed by atoms with Gasteiger partial charge in [-0.05, 0) is 60.8 Å². The minimum Gasteiger partial charge on any atom is -0.459 e. The van der Waals surface area contributed by atoms with Crippen molar-refractivity contribution in [3.63, 3.8) is 0 Å². The summed E-state index contributed by atoms with van der Waals surface area (Å²) in [6, 6.07) is 20.3. The van der Waals surface area contributed by atoms with E-state index in [0.717, 1.165) is 16.6 Å². The molecule has 0 atom stereocenters. The molecule has 4 aromatic rings. The molecule has 2 N–H and O–H groups in total. The first kappa shape index (κ1) is 17.6. The maximum atomic E-state index is 12.5. The molecule has 6 heteroatoms. The second-order valence-electron chi connectivity index (χ2n) is 6.49. The van der Waals surface area contributed by atoms with E-state index >= 15 is 0 Å². The summed E-state index contributed by atoms with van der Waals surface area (Å²) in [4.78, 5) is 24.5. The van der Waals surface area contributed by atoms with Crippen molar-refractivity contribution in [3.8, 4) is 0 Å². The molecule has 0 unspecified atom stereocenters. The molecule has 2 aromatic carbocycles. The van der Waals surface area contributed by atoms with Crippen molar-refractivity contribution in [2.24, 2.45) is 0 Å². The Kier molecular flexibility index (Phi) is 4.68. The van der Waals surface area contributed by atoms with Crippen LogP contribution in [0, 0.1) is 6.92 Å². The van der Waals surface area contributed by atoms with Crippen LogP contribution in [-0.4, -0.2) is 16.4 Å². The molecular weight excluding hydrogens is 354 g/mol. The standard InChI is InChI=1S/C22H19N3O3/c1-15-13-16-5-2-3-6-19(16)25(15)14-21(26)23-17-8-10-18(11-9-17)24-22(27)20-7-4-12-28-20/h2-13H,14H2,1H3,(H,23,26)(H,24,27). The molecule has 0 aliphatic rings. The number of carbonyl (C=O) groups excluding carboxylic acids is 2. The molecule has 6 nitrogen and oxygen atoms in total. The molecule has 0 aliphatic heterocycles. The van der Waals surface area contributed by atoms with E-state index in [-0.39, 0.29) is 24.1 Å². The number of nitrogens with zero attached hydrogens (tertiary/aromatic N) is 1. The Hall–Kier alpha value is -3.80. The number of aromatic nitrogens is 1. The van der Waals surface area contributed by atoms with Crippen molar-refractivity contribution < 1.29 is 14.0 Å². The highest BCUT2D eigenvalue weighted by Gasteiger charge is 2.11. The van der Waals surface area contributed by atoms with Crippen LogP contribution >= 0.6 is 0 Å².